The van der Waals surface area contributed by atoms with Gasteiger partial charge in [-0.05, 0) is 36.8 Å². The molecule has 0 aliphatic carbocycles. The average molecular weight is 304 g/mol. The molecular formula is C15H16N2O3S. The number of carbonyl (C=O) groups excluding carboxylic acids is 1. The summed E-state index contributed by atoms with van der Waals surface area (Å²) in [5.41, 5.74) is 0.589. The Labute approximate surface area is 126 Å². The topological polar surface area (TPSA) is 78.4 Å². The zero-order chi connectivity index (χ0) is 15.2. The van der Waals surface area contributed by atoms with Crippen LogP contribution in [0.4, 0.5) is 10.5 Å². The van der Waals surface area contributed by atoms with Crippen LogP contribution in [0.2, 0.25) is 0 Å². The van der Waals surface area contributed by atoms with Crippen molar-refractivity contribution in [3.8, 4) is 0 Å². The van der Waals surface area contributed by atoms with E-state index < -0.39 is 5.97 Å². The molecule has 2 aromatic rings. The van der Waals surface area contributed by atoms with Crippen LogP contribution in [0.1, 0.15) is 27.0 Å². The molecule has 0 radical (unpaired) electrons. The van der Waals surface area contributed by atoms with E-state index in [1.807, 2.05) is 6.07 Å². The first-order valence-corrected chi connectivity index (χ1v) is 7.36. The number of aromatic carboxylic acids is 1. The molecular weight excluding hydrogens is 288 g/mol. The molecule has 1 aromatic heterocycles. The molecule has 1 aromatic carbocycles. The number of carboxylic acid groups (broad SMARTS) is 1. The Hall–Kier alpha value is -2.34. The van der Waals surface area contributed by atoms with Crippen LogP contribution in [-0.2, 0) is 13.0 Å². The van der Waals surface area contributed by atoms with Gasteiger partial charge in [-0.1, -0.05) is 13.0 Å². The van der Waals surface area contributed by atoms with Crippen molar-refractivity contribution in [3.05, 3.63) is 51.7 Å². The van der Waals surface area contributed by atoms with Gasteiger partial charge in [-0.2, -0.15) is 0 Å². The first-order valence-electron chi connectivity index (χ1n) is 6.54. The van der Waals surface area contributed by atoms with Crippen molar-refractivity contribution in [2.24, 2.45) is 0 Å². The predicted molar refractivity (Wildman–Crippen MR) is 83.0 cm³/mol. The van der Waals surface area contributed by atoms with Crippen LogP contribution in [0, 0.1) is 0 Å². The minimum Gasteiger partial charge on any atom is -0.478 e. The predicted octanol–water partition coefficient (Wildman–Crippen LogP) is 3.33. The van der Waals surface area contributed by atoms with E-state index >= 15 is 0 Å². The van der Waals surface area contributed by atoms with Gasteiger partial charge in [-0.15, -0.1) is 11.3 Å². The summed E-state index contributed by atoms with van der Waals surface area (Å²) >= 11 is 1.67. The first-order chi connectivity index (χ1) is 10.1. The Morgan fingerprint density at radius 3 is 2.62 bits per heavy atom. The van der Waals surface area contributed by atoms with E-state index in [0.717, 1.165) is 11.3 Å². The standard InChI is InChI=1S/C15H16N2O3S/c1-2-12-6-7-13(21-12)9-16-15(20)17-11-5-3-4-10(8-11)14(18)19/h3-8H,2,9H2,1H3,(H,18,19)(H2,16,17,20). The maximum atomic E-state index is 11.8. The van der Waals surface area contributed by atoms with Gasteiger partial charge < -0.3 is 15.7 Å². The highest BCUT2D eigenvalue weighted by Gasteiger charge is 2.06. The van der Waals surface area contributed by atoms with Crippen LogP contribution in [0.5, 0.6) is 0 Å². The van der Waals surface area contributed by atoms with Gasteiger partial charge in [0, 0.05) is 15.4 Å². The van der Waals surface area contributed by atoms with E-state index in [1.54, 1.807) is 23.5 Å². The minimum atomic E-state index is -1.02. The molecule has 2 amide bonds. The second-order valence-electron chi connectivity index (χ2n) is 4.42. The molecule has 110 valence electrons. The van der Waals surface area contributed by atoms with Crippen LogP contribution in [0.3, 0.4) is 0 Å². The number of hydrogen-bond acceptors (Lipinski definition) is 3. The number of amides is 2. The lowest BCUT2D eigenvalue weighted by Gasteiger charge is -2.07. The maximum Gasteiger partial charge on any atom is 0.335 e. The van der Waals surface area contributed by atoms with Crippen molar-refractivity contribution in [1.82, 2.24) is 5.32 Å². The fraction of sp³-hybridized carbons (Fsp3) is 0.200. The third-order valence-corrected chi connectivity index (χ3v) is 4.09. The van der Waals surface area contributed by atoms with Crippen molar-refractivity contribution in [2.45, 2.75) is 19.9 Å². The van der Waals surface area contributed by atoms with Crippen molar-refractivity contribution in [1.29, 1.82) is 0 Å². The summed E-state index contributed by atoms with van der Waals surface area (Å²) < 4.78 is 0. The van der Waals surface area contributed by atoms with Gasteiger partial charge in [0.25, 0.3) is 0 Å². The largest absolute Gasteiger partial charge is 0.478 e. The van der Waals surface area contributed by atoms with Crippen LogP contribution in [0.15, 0.2) is 36.4 Å². The van der Waals surface area contributed by atoms with Crippen LogP contribution >= 0.6 is 11.3 Å². The van der Waals surface area contributed by atoms with E-state index in [1.165, 1.54) is 17.0 Å². The Bertz CT molecular complexity index is 652. The van der Waals surface area contributed by atoms with E-state index in [2.05, 4.69) is 23.6 Å². The zero-order valence-electron chi connectivity index (χ0n) is 11.6. The summed E-state index contributed by atoms with van der Waals surface area (Å²) in [6, 6.07) is 9.82. The molecule has 0 fully saturated rings. The second-order valence-corrected chi connectivity index (χ2v) is 5.67. The second kappa shape index (κ2) is 6.90. The Balaban J connectivity index is 1.89. The van der Waals surface area contributed by atoms with Gasteiger partial charge in [0.15, 0.2) is 0 Å². The quantitative estimate of drug-likeness (QED) is 0.792. The van der Waals surface area contributed by atoms with E-state index in [9.17, 15) is 9.59 Å². The number of carbonyl (C=O) groups is 2. The Morgan fingerprint density at radius 1 is 1.19 bits per heavy atom. The zero-order valence-corrected chi connectivity index (χ0v) is 12.4. The van der Waals surface area contributed by atoms with E-state index in [-0.39, 0.29) is 11.6 Å². The molecule has 0 saturated carbocycles. The molecule has 5 nitrogen and oxygen atoms in total. The SMILES string of the molecule is CCc1ccc(CNC(=O)Nc2cccc(C(=O)O)c2)s1. The summed E-state index contributed by atoms with van der Waals surface area (Å²) in [5, 5.41) is 14.3. The van der Waals surface area contributed by atoms with Gasteiger partial charge in [-0.25, -0.2) is 9.59 Å². The Morgan fingerprint density at radius 2 is 1.95 bits per heavy atom. The normalized spacial score (nSPS) is 10.1. The van der Waals surface area contributed by atoms with Gasteiger partial charge in [0.05, 0.1) is 12.1 Å². The number of thiophene rings is 1. The average Bonchev–Trinajstić information content (AvgIpc) is 2.93. The third kappa shape index (κ3) is 4.32. The lowest BCUT2D eigenvalue weighted by Crippen LogP contribution is -2.27. The lowest BCUT2D eigenvalue weighted by atomic mass is 10.2. The van der Waals surface area contributed by atoms with Gasteiger partial charge in [0.1, 0.15) is 0 Å². The summed E-state index contributed by atoms with van der Waals surface area (Å²) in [7, 11) is 0. The first kappa shape index (κ1) is 15.1. The molecule has 1 heterocycles. The van der Waals surface area contributed by atoms with Crippen molar-refractivity contribution < 1.29 is 14.7 Å². The van der Waals surface area contributed by atoms with E-state index in [4.69, 9.17) is 5.11 Å². The number of nitrogens with one attached hydrogen (secondary N) is 2. The van der Waals surface area contributed by atoms with Gasteiger partial charge in [0.2, 0.25) is 0 Å². The number of benzene rings is 1. The highest BCUT2D eigenvalue weighted by molar-refractivity contribution is 7.11. The monoisotopic (exact) mass is 304 g/mol. The number of carboxylic acids is 1. The van der Waals surface area contributed by atoms with Crippen molar-refractivity contribution in [3.63, 3.8) is 0 Å². The molecule has 0 atom stereocenters. The maximum absolute atomic E-state index is 11.8. The molecule has 6 heteroatoms. The van der Waals surface area contributed by atoms with Gasteiger partial charge in [-0.3, -0.25) is 0 Å². The molecule has 0 aliphatic rings. The molecule has 21 heavy (non-hydrogen) atoms. The molecule has 2 rings (SSSR count). The number of hydrogen-bond donors (Lipinski definition) is 3. The van der Waals surface area contributed by atoms with Crippen molar-refractivity contribution >= 4 is 29.0 Å². The number of urea groups is 1. The molecule has 0 bridgehead atoms. The number of aryl methyl sites for hydroxylation is 1. The molecule has 0 unspecified atom stereocenters. The summed E-state index contributed by atoms with van der Waals surface area (Å²) in [4.78, 5) is 25.0. The Kier molecular flexibility index (Phi) is 4.94. The molecule has 0 aliphatic heterocycles. The van der Waals surface area contributed by atoms with Crippen LogP contribution in [0.25, 0.3) is 0 Å². The number of rotatable bonds is 5. The fourth-order valence-corrected chi connectivity index (χ4v) is 2.68. The van der Waals surface area contributed by atoms with Crippen LogP contribution < -0.4 is 10.6 Å². The smallest absolute Gasteiger partial charge is 0.335 e. The molecule has 3 N–H and O–H groups in total. The minimum absolute atomic E-state index is 0.138. The summed E-state index contributed by atoms with van der Waals surface area (Å²) in [6.45, 7) is 2.54. The fourth-order valence-electron chi connectivity index (χ4n) is 1.78. The van der Waals surface area contributed by atoms with Crippen LogP contribution in [-0.4, -0.2) is 17.1 Å². The third-order valence-electron chi connectivity index (χ3n) is 2.86. The number of anilines is 1. The molecule has 0 saturated heterocycles. The van der Waals surface area contributed by atoms with Gasteiger partial charge >= 0.3 is 12.0 Å². The molecule has 0 spiro atoms. The lowest BCUT2D eigenvalue weighted by molar-refractivity contribution is 0.0697. The van der Waals surface area contributed by atoms with Crippen molar-refractivity contribution in [2.75, 3.05) is 5.32 Å². The van der Waals surface area contributed by atoms with E-state index in [0.29, 0.717) is 12.2 Å². The highest BCUT2D eigenvalue weighted by atomic mass is 32.1. The summed E-state index contributed by atoms with van der Waals surface area (Å²) in [6.07, 6.45) is 0.985. The summed E-state index contributed by atoms with van der Waals surface area (Å²) in [5.74, 6) is -1.02. The highest BCUT2D eigenvalue weighted by Crippen LogP contribution is 2.16.